The van der Waals surface area contributed by atoms with Crippen molar-refractivity contribution in [2.24, 2.45) is 18.9 Å². The molecule has 1 atom stereocenters. The summed E-state index contributed by atoms with van der Waals surface area (Å²) in [7, 11) is 3.72. The quantitative estimate of drug-likeness (QED) is 0.271. The molecule has 6 rings (SSSR count). The molecule has 5 nitrogen and oxygen atoms in total. The van der Waals surface area contributed by atoms with Gasteiger partial charge in [-0.05, 0) is 85.6 Å². The van der Waals surface area contributed by atoms with Crippen LogP contribution in [0.25, 0.3) is 10.9 Å². The van der Waals surface area contributed by atoms with Crippen LogP contribution in [0.2, 0.25) is 0 Å². The molecule has 1 saturated heterocycles. The van der Waals surface area contributed by atoms with Crippen molar-refractivity contribution in [2.75, 3.05) is 20.2 Å². The van der Waals surface area contributed by atoms with Gasteiger partial charge in [0, 0.05) is 35.5 Å². The Morgan fingerprint density at radius 3 is 2.54 bits per heavy atom. The number of carbonyl (C=O) groups excluding carboxylic acids is 1. The third-order valence-corrected chi connectivity index (χ3v) is 8.52. The Morgan fingerprint density at radius 2 is 1.74 bits per heavy atom. The smallest absolute Gasteiger partial charge is 0.212 e. The van der Waals surface area contributed by atoms with E-state index in [2.05, 4.69) is 64.1 Å². The number of aromatic nitrogens is 1. The van der Waals surface area contributed by atoms with E-state index in [4.69, 9.17) is 9.47 Å². The van der Waals surface area contributed by atoms with E-state index < -0.39 is 0 Å². The van der Waals surface area contributed by atoms with E-state index in [0.29, 0.717) is 24.0 Å². The number of nitrogens with zero attached hydrogens (tertiary/aromatic N) is 2. The zero-order valence-electron chi connectivity index (χ0n) is 22.9. The van der Waals surface area contributed by atoms with E-state index in [1.807, 2.05) is 31.4 Å². The predicted molar refractivity (Wildman–Crippen MR) is 153 cm³/mol. The number of methoxy groups -OCH3 is 1. The normalized spacial score (nSPS) is 17.9. The maximum absolute atomic E-state index is 13.5. The summed E-state index contributed by atoms with van der Waals surface area (Å²) in [5.74, 6) is 2.26. The Labute approximate surface area is 231 Å². The summed E-state index contributed by atoms with van der Waals surface area (Å²) in [5, 5.41) is 1.19. The molecule has 2 aliphatic rings. The number of ketones is 1. The van der Waals surface area contributed by atoms with Crippen LogP contribution in [0.1, 0.15) is 46.3 Å². The fourth-order valence-electron chi connectivity index (χ4n) is 6.31. The van der Waals surface area contributed by atoms with Gasteiger partial charge in [-0.25, -0.2) is 4.57 Å². The van der Waals surface area contributed by atoms with E-state index in [0.717, 1.165) is 67.5 Å². The number of hydrogen-bond acceptors (Lipinski definition) is 4. The standard InChI is InChI=1S/C34H37N2O3/c1-35-14-6-9-27-11-10-26(18-31(27)35)23-39-33-21-30-28(20-32(33)38-2)19-29(34(30)37)17-24-12-15-36(16-13-24)22-25-7-4-3-5-8-25/h3-11,14,18,20-21,24,29H,12-13,15-17,19,22-23H2,1-2H3/q+1. The van der Waals surface area contributed by atoms with Crippen molar-refractivity contribution >= 4 is 16.7 Å². The number of benzene rings is 3. The third-order valence-electron chi connectivity index (χ3n) is 8.52. The van der Waals surface area contributed by atoms with Crippen LogP contribution in [-0.2, 0) is 26.6 Å². The summed E-state index contributed by atoms with van der Waals surface area (Å²) in [4.78, 5) is 16.0. The molecule has 39 heavy (non-hydrogen) atoms. The molecular weight excluding hydrogens is 484 g/mol. The third kappa shape index (κ3) is 5.55. The molecule has 0 saturated carbocycles. The van der Waals surface area contributed by atoms with Crippen LogP contribution in [-0.4, -0.2) is 30.9 Å². The lowest BCUT2D eigenvalue weighted by Crippen LogP contribution is -2.34. The molecule has 1 aliphatic heterocycles. The summed E-state index contributed by atoms with van der Waals surface area (Å²) < 4.78 is 14.0. The Balaban J connectivity index is 1.09. The number of Topliss-reactive ketones (excluding diaryl/α,β-unsaturated/α-hetero) is 1. The van der Waals surface area contributed by atoms with Gasteiger partial charge in [-0.3, -0.25) is 9.69 Å². The van der Waals surface area contributed by atoms with Gasteiger partial charge in [-0.1, -0.05) is 36.4 Å². The number of rotatable bonds is 8. The highest BCUT2D eigenvalue weighted by Crippen LogP contribution is 2.40. The average Bonchev–Trinajstić information content (AvgIpc) is 3.27. The van der Waals surface area contributed by atoms with Crippen molar-refractivity contribution in [1.29, 1.82) is 0 Å². The first-order valence-corrected chi connectivity index (χ1v) is 14.1. The van der Waals surface area contributed by atoms with Crippen LogP contribution in [0.5, 0.6) is 11.5 Å². The minimum Gasteiger partial charge on any atom is -0.493 e. The number of ether oxygens (including phenoxy) is 2. The molecule has 0 radical (unpaired) electrons. The molecule has 1 fully saturated rings. The van der Waals surface area contributed by atoms with Crippen LogP contribution >= 0.6 is 0 Å². The average molecular weight is 522 g/mol. The fraction of sp³-hybridized carbons (Fsp3) is 0.353. The molecule has 0 spiro atoms. The molecule has 1 aromatic heterocycles. The van der Waals surface area contributed by atoms with Crippen molar-refractivity contribution in [3.8, 4) is 11.5 Å². The van der Waals surface area contributed by atoms with Crippen LogP contribution in [0, 0.1) is 11.8 Å². The molecule has 0 N–H and O–H groups in total. The molecule has 0 bridgehead atoms. The van der Waals surface area contributed by atoms with Gasteiger partial charge in [0.05, 0.1) is 7.11 Å². The van der Waals surface area contributed by atoms with Gasteiger partial charge in [0.2, 0.25) is 5.52 Å². The zero-order valence-corrected chi connectivity index (χ0v) is 22.9. The molecule has 2 heterocycles. The molecule has 3 aromatic carbocycles. The highest BCUT2D eigenvalue weighted by molar-refractivity contribution is 6.02. The first-order chi connectivity index (χ1) is 19.1. The number of fused-ring (bicyclic) bond motifs is 2. The molecule has 200 valence electrons. The number of pyridine rings is 1. The Bertz CT molecular complexity index is 1480. The monoisotopic (exact) mass is 521 g/mol. The van der Waals surface area contributed by atoms with Crippen molar-refractivity contribution < 1.29 is 18.8 Å². The molecule has 1 aliphatic carbocycles. The molecule has 4 aromatic rings. The topological polar surface area (TPSA) is 42.6 Å². The Morgan fingerprint density at radius 1 is 0.923 bits per heavy atom. The second-order valence-corrected chi connectivity index (χ2v) is 11.2. The summed E-state index contributed by atoms with van der Waals surface area (Å²) >= 11 is 0. The minimum atomic E-state index is 0.0612. The number of piperidine rings is 1. The van der Waals surface area contributed by atoms with Crippen molar-refractivity contribution in [3.05, 3.63) is 101 Å². The number of hydrogen-bond donors (Lipinski definition) is 0. The first kappa shape index (κ1) is 25.6. The van der Waals surface area contributed by atoms with Gasteiger partial charge in [0.25, 0.3) is 0 Å². The van der Waals surface area contributed by atoms with Gasteiger partial charge < -0.3 is 9.47 Å². The fourth-order valence-corrected chi connectivity index (χ4v) is 6.31. The van der Waals surface area contributed by atoms with Gasteiger partial charge in [0.1, 0.15) is 13.7 Å². The lowest BCUT2D eigenvalue weighted by molar-refractivity contribution is -0.644. The van der Waals surface area contributed by atoms with E-state index >= 15 is 0 Å². The SMILES string of the molecule is COc1cc2c(cc1OCc1ccc3ccc[n+](C)c3c1)C(=O)C(CC1CCN(Cc3ccccc3)CC1)C2. The molecule has 1 unspecified atom stereocenters. The van der Waals surface area contributed by atoms with Crippen molar-refractivity contribution in [2.45, 2.75) is 38.8 Å². The largest absolute Gasteiger partial charge is 0.493 e. The van der Waals surface area contributed by atoms with Gasteiger partial charge in [-0.2, -0.15) is 0 Å². The van der Waals surface area contributed by atoms with Gasteiger partial charge in [0.15, 0.2) is 23.5 Å². The first-order valence-electron chi connectivity index (χ1n) is 14.1. The summed E-state index contributed by atoms with van der Waals surface area (Å²) in [6.07, 6.45) is 6.14. The second-order valence-electron chi connectivity index (χ2n) is 11.2. The van der Waals surface area contributed by atoms with Crippen LogP contribution < -0.4 is 14.0 Å². The van der Waals surface area contributed by atoms with Crippen LogP contribution in [0.3, 0.4) is 0 Å². The highest BCUT2D eigenvalue weighted by atomic mass is 16.5. The highest BCUT2D eigenvalue weighted by Gasteiger charge is 2.34. The van der Waals surface area contributed by atoms with Gasteiger partial charge >= 0.3 is 0 Å². The maximum atomic E-state index is 13.5. The Kier molecular flexibility index (Phi) is 7.34. The van der Waals surface area contributed by atoms with E-state index in [1.165, 1.54) is 10.9 Å². The summed E-state index contributed by atoms with van der Waals surface area (Å²) in [6, 6.07) is 25.2. The summed E-state index contributed by atoms with van der Waals surface area (Å²) in [5.41, 5.74) is 5.51. The van der Waals surface area contributed by atoms with Crippen molar-refractivity contribution in [1.82, 2.24) is 4.90 Å². The van der Waals surface area contributed by atoms with E-state index in [-0.39, 0.29) is 11.7 Å². The van der Waals surface area contributed by atoms with E-state index in [1.54, 1.807) is 7.11 Å². The predicted octanol–water partition coefficient (Wildman–Crippen LogP) is 5.91. The van der Waals surface area contributed by atoms with Crippen LogP contribution in [0.15, 0.2) is 79.0 Å². The Hall–Kier alpha value is -3.70. The minimum absolute atomic E-state index is 0.0612. The van der Waals surface area contributed by atoms with Gasteiger partial charge in [-0.15, -0.1) is 0 Å². The van der Waals surface area contributed by atoms with E-state index in [9.17, 15) is 4.79 Å². The zero-order chi connectivity index (χ0) is 26.8. The lowest BCUT2D eigenvalue weighted by Gasteiger charge is -2.32. The van der Waals surface area contributed by atoms with Crippen LogP contribution in [0.4, 0.5) is 0 Å². The molecule has 5 heteroatoms. The number of carbonyl (C=O) groups is 1. The van der Waals surface area contributed by atoms with Crippen molar-refractivity contribution in [3.63, 3.8) is 0 Å². The molecule has 0 amide bonds. The maximum Gasteiger partial charge on any atom is 0.212 e. The number of likely N-dealkylation sites (tertiary alicyclic amines) is 1. The summed E-state index contributed by atoms with van der Waals surface area (Å²) in [6.45, 7) is 3.64. The lowest BCUT2D eigenvalue weighted by atomic mass is 9.85. The number of aryl methyl sites for hydroxylation is 1. The second kappa shape index (κ2) is 11.2. The molecular formula is C34H37N2O3+.